The highest BCUT2D eigenvalue weighted by atomic mass is 16.5. The molecule has 0 amide bonds. The molecule has 0 aromatic rings. The average Bonchev–Trinajstić information content (AvgIpc) is 2.25. The highest BCUT2D eigenvalue weighted by Gasteiger charge is 2.05. The number of rotatable bonds is 10. The SMILES string of the molecule is C=C(C)CCCC(C)CCOC(=O)CCCC. The lowest BCUT2D eigenvalue weighted by Crippen LogP contribution is -2.08. The molecule has 0 spiro atoms. The normalized spacial score (nSPS) is 12.2. The molecule has 0 aromatic carbocycles. The molecule has 0 aliphatic carbocycles. The Morgan fingerprint density at radius 2 is 1.94 bits per heavy atom. The average molecular weight is 240 g/mol. The van der Waals surface area contributed by atoms with Crippen molar-refractivity contribution in [1.29, 1.82) is 0 Å². The Kier molecular flexibility index (Phi) is 9.89. The number of carbonyl (C=O) groups excluding carboxylic acids is 1. The molecule has 0 radical (unpaired) electrons. The quantitative estimate of drug-likeness (QED) is 0.415. The first-order valence-electron chi connectivity index (χ1n) is 6.86. The van der Waals surface area contributed by atoms with Crippen LogP contribution in [0.1, 0.15) is 65.7 Å². The number of hydrogen-bond donors (Lipinski definition) is 0. The van der Waals surface area contributed by atoms with Gasteiger partial charge in [0.25, 0.3) is 0 Å². The minimum Gasteiger partial charge on any atom is -0.466 e. The van der Waals surface area contributed by atoms with E-state index < -0.39 is 0 Å². The van der Waals surface area contributed by atoms with Crippen LogP contribution >= 0.6 is 0 Å². The molecular formula is C15H28O2. The maximum absolute atomic E-state index is 11.3. The van der Waals surface area contributed by atoms with Gasteiger partial charge in [0.1, 0.15) is 0 Å². The topological polar surface area (TPSA) is 26.3 Å². The van der Waals surface area contributed by atoms with Gasteiger partial charge >= 0.3 is 5.97 Å². The summed E-state index contributed by atoms with van der Waals surface area (Å²) < 4.78 is 5.19. The van der Waals surface area contributed by atoms with Crippen LogP contribution in [0.4, 0.5) is 0 Å². The van der Waals surface area contributed by atoms with Gasteiger partial charge in [0.05, 0.1) is 6.61 Å². The first-order valence-corrected chi connectivity index (χ1v) is 6.86. The Morgan fingerprint density at radius 1 is 1.24 bits per heavy atom. The van der Waals surface area contributed by atoms with Gasteiger partial charge in [-0.3, -0.25) is 4.79 Å². The van der Waals surface area contributed by atoms with Crippen LogP contribution in [0.2, 0.25) is 0 Å². The molecule has 2 nitrogen and oxygen atoms in total. The van der Waals surface area contributed by atoms with Crippen molar-refractivity contribution < 1.29 is 9.53 Å². The summed E-state index contributed by atoms with van der Waals surface area (Å²) in [5.74, 6) is 0.592. The van der Waals surface area contributed by atoms with Crippen LogP contribution in [0.3, 0.4) is 0 Å². The first kappa shape index (κ1) is 16.2. The zero-order valence-electron chi connectivity index (χ0n) is 11.8. The molecule has 2 heteroatoms. The van der Waals surface area contributed by atoms with Crippen LogP contribution in [0, 0.1) is 5.92 Å². The Hall–Kier alpha value is -0.790. The van der Waals surface area contributed by atoms with Crippen molar-refractivity contribution in [2.45, 2.75) is 65.7 Å². The summed E-state index contributed by atoms with van der Waals surface area (Å²) in [6.45, 7) is 10.8. The number of ether oxygens (including phenoxy) is 1. The van der Waals surface area contributed by atoms with Gasteiger partial charge in [0, 0.05) is 6.42 Å². The third-order valence-electron chi connectivity index (χ3n) is 2.91. The lowest BCUT2D eigenvalue weighted by atomic mass is 9.99. The Bertz CT molecular complexity index is 221. The number of esters is 1. The van der Waals surface area contributed by atoms with Gasteiger partial charge in [0.2, 0.25) is 0 Å². The lowest BCUT2D eigenvalue weighted by molar-refractivity contribution is -0.144. The van der Waals surface area contributed by atoms with E-state index in [9.17, 15) is 4.79 Å². The van der Waals surface area contributed by atoms with Crippen LogP contribution in [0.15, 0.2) is 12.2 Å². The van der Waals surface area contributed by atoms with E-state index in [0.29, 0.717) is 18.9 Å². The maximum atomic E-state index is 11.3. The van der Waals surface area contributed by atoms with Crippen LogP contribution in [-0.4, -0.2) is 12.6 Å². The third kappa shape index (κ3) is 11.5. The van der Waals surface area contributed by atoms with Gasteiger partial charge in [-0.15, -0.1) is 6.58 Å². The Labute approximate surface area is 106 Å². The van der Waals surface area contributed by atoms with Crippen molar-refractivity contribution in [2.24, 2.45) is 5.92 Å². The predicted molar refractivity (Wildman–Crippen MR) is 72.9 cm³/mol. The smallest absolute Gasteiger partial charge is 0.305 e. The summed E-state index contributed by atoms with van der Waals surface area (Å²) in [6, 6.07) is 0. The van der Waals surface area contributed by atoms with E-state index in [4.69, 9.17) is 4.74 Å². The third-order valence-corrected chi connectivity index (χ3v) is 2.91. The van der Waals surface area contributed by atoms with Gasteiger partial charge in [-0.2, -0.15) is 0 Å². The van der Waals surface area contributed by atoms with Gasteiger partial charge in [-0.1, -0.05) is 32.3 Å². The van der Waals surface area contributed by atoms with Gasteiger partial charge in [-0.25, -0.2) is 0 Å². The zero-order valence-corrected chi connectivity index (χ0v) is 11.8. The van der Waals surface area contributed by atoms with E-state index in [1.807, 2.05) is 0 Å². The molecule has 17 heavy (non-hydrogen) atoms. The van der Waals surface area contributed by atoms with Crippen molar-refractivity contribution in [3.8, 4) is 0 Å². The van der Waals surface area contributed by atoms with Crippen molar-refractivity contribution >= 4 is 5.97 Å². The molecule has 0 saturated carbocycles. The van der Waals surface area contributed by atoms with Gasteiger partial charge in [0.15, 0.2) is 0 Å². The highest BCUT2D eigenvalue weighted by molar-refractivity contribution is 5.69. The standard InChI is InChI=1S/C15H28O2/c1-5-6-10-15(16)17-12-11-14(4)9-7-8-13(2)3/h14H,2,5-12H2,1,3-4H3. The van der Waals surface area contributed by atoms with E-state index in [2.05, 4.69) is 27.4 Å². The van der Waals surface area contributed by atoms with Crippen LogP contribution in [0.25, 0.3) is 0 Å². The van der Waals surface area contributed by atoms with E-state index in [1.165, 1.54) is 18.4 Å². The molecule has 0 aliphatic rings. The second kappa shape index (κ2) is 10.4. The molecular weight excluding hydrogens is 212 g/mol. The minimum atomic E-state index is -0.0408. The number of allylic oxidation sites excluding steroid dienone is 1. The second-order valence-electron chi connectivity index (χ2n) is 5.07. The zero-order chi connectivity index (χ0) is 13.1. The highest BCUT2D eigenvalue weighted by Crippen LogP contribution is 2.14. The van der Waals surface area contributed by atoms with E-state index in [-0.39, 0.29) is 5.97 Å². The van der Waals surface area contributed by atoms with Gasteiger partial charge < -0.3 is 4.74 Å². The molecule has 100 valence electrons. The van der Waals surface area contributed by atoms with Crippen molar-refractivity contribution in [3.05, 3.63) is 12.2 Å². The number of carbonyl (C=O) groups is 1. The molecule has 0 heterocycles. The fourth-order valence-corrected chi connectivity index (χ4v) is 1.66. The van der Waals surface area contributed by atoms with Crippen LogP contribution in [-0.2, 0) is 9.53 Å². The number of hydrogen-bond acceptors (Lipinski definition) is 2. The van der Waals surface area contributed by atoms with Crippen molar-refractivity contribution in [1.82, 2.24) is 0 Å². The largest absolute Gasteiger partial charge is 0.466 e. The van der Waals surface area contributed by atoms with Crippen LogP contribution < -0.4 is 0 Å². The second-order valence-corrected chi connectivity index (χ2v) is 5.07. The molecule has 1 atom stereocenters. The Balaban J connectivity index is 3.40. The van der Waals surface area contributed by atoms with Crippen molar-refractivity contribution in [2.75, 3.05) is 6.61 Å². The molecule has 0 fully saturated rings. The molecule has 0 aliphatic heterocycles. The summed E-state index contributed by atoms with van der Waals surface area (Å²) in [6.07, 6.45) is 7.04. The van der Waals surface area contributed by atoms with Gasteiger partial charge in [-0.05, 0) is 38.5 Å². The predicted octanol–water partition coefficient (Wildman–Crippen LogP) is 4.49. The lowest BCUT2D eigenvalue weighted by Gasteiger charge is -2.11. The van der Waals surface area contributed by atoms with E-state index in [0.717, 1.165) is 25.7 Å². The minimum absolute atomic E-state index is 0.0408. The monoisotopic (exact) mass is 240 g/mol. The number of unbranched alkanes of at least 4 members (excludes halogenated alkanes) is 1. The summed E-state index contributed by atoms with van der Waals surface area (Å²) >= 11 is 0. The van der Waals surface area contributed by atoms with Crippen LogP contribution in [0.5, 0.6) is 0 Å². The summed E-state index contributed by atoms with van der Waals surface area (Å²) in [5, 5.41) is 0. The summed E-state index contributed by atoms with van der Waals surface area (Å²) in [4.78, 5) is 11.3. The molecule has 0 saturated heterocycles. The van der Waals surface area contributed by atoms with E-state index >= 15 is 0 Å². The Morgan fingerprint density at radius 3 is 2.53 bits per heavy atom. The first-order chi connectivity index (χ1) is 8.06. The molecule has 0 N–H and O–H groups in total. The molecule has 0 rings (SSSR count). The molecule has 1 unspecified atom stereocenters. The maximum Gasteiger partial charge on any atom is 0.305 e. The molecule has 0 aromatic heterocycles. The molecule has 0 bridgehead atoms. The summed E-state index contributed by atoms with van der Waals surface area (Å²) in [5.41, 5.74) is 1.25. The summed E-state index contributed by atoms with van der Waals surface area (Å²) in [7, 11) is 0. The fraction of sp³-hybridized carbons (Fsp3) is 0.800. The van der Waals surface area contributed by atoms with Crippen molar-refractivity contribution in [3.63, 3.8) is 0 Å². The van der Waals surface area contributed by atoms with E-state index in [1.54, 1.807) is 0 Å². The fourth-order valence-electron chi connectivity index (χ4n) is 1.66.